The molecule has 2 aromatic heterocycles. The second-order valence-corrected chi connectivity index (χ2v) is 8.87. The SMILES string of the molecule is NC(=O)c1cccc(CN(CCNCc2nc3ccccc3[nH]2)C2CCCc3cccnc32)c1. The third-order valence-electron chi connectivity index (χ3n) is 6.51. The molecule has 7 nitrogen and oxygen atoms in total. The van der Waals surface area contributed by atoms with Crippen molar-refractivity contribution >= 4 is 16.9 Å². The van der Waals surface area contributed by atoms with Crippen molar-refractivity contribution in [2.45, 2.75) is 38.4 Å². The minimum absolute atomic E-state index is 0.246. The fraction of sp³-hybridized carbons (Fsp3) is 0.296. The number of nitrogens with one attached hydrogen (secondary N) is 2. The predicted octanol–water partition coefficient (Wildman–Crippen LogP) is 3.73. The zero-order valence-electron chi connectivity index (χ0n) is 19.2. The molecule has 7 heteroatoms. The number of rotatable bonds is 9. The fourth-order valence-electron chi connectivity index (χ4n) is 4.86. The Morgan fingerprint density at radius 3 is 2.94 bits per heavy atom. The number of imidazole rings is 1. The number of carbonyl (C=O) groups excluding carboxylic acids is 1. The number of carbonyl (C=O) groups is 1. The van der Waals surface area contributed by atoms with E-state index in [0.29, 0.717) is 12.1 Å². The van der Waals surface area contributed by atoms with Crippen molar-refractivity contribution in [1.29, 1.82) is 0 Å². The maximum absolute atomic E-state index is 11.7. The van der Waals surface area contributed by atoms with Gasteiger partial charge in [-0.2, -0.15) is 0 Å². The second-order valence-electron chi connectivity index (χ2n) is 8.87. The first kappa shape index (κ1) is 22.3. The van der Waals surface area contributed by atoms with Crippen LogP contribution in [-0.4, -0.2) is 38.8 Å². The van der Waals surface area contributed by atoms with Gasteiger partial charge in [0, 0.05) is 31.4 Å². The summed E-state index contributed by atoms with van der Waals surface area (Å²) >= 11 is 0. The Hall–Kier alpha value is -3.55. The third-order valence-corrected chi connectivity index (χ3v) is 6.51. The quantitative estimate of drug-likeness (QED) is 0.335. The number of hydrogen-bond acceptors (Lipinski definition) is 5. The number of nitrogens with zero attached hydrogens (tertiary/aromatic N) is 3. The summed E-state index contributed by atoms with van der Waals surface area (Å²) in [6.45, 7) is 3.07. The lowest BCUT2D eigenvalue weighted by molar-refractivity contribution is 0.1000. The highest BCUT2D eigenvalue weighted by Crippen LogP contribution is 2.33. The van der Waals surface area contributed by atoms with Gasteiger partial charge in [0.25, 0.3) is 0 Å². The maximum atomic E-state index is 11.7. The monoisotopic (exact) mass is 454 g/mol. The summed E-state index contributed by atoms with van der Waals surface area (Å²) in [4.78, 5) is 27.0. The molecule has 0 fully saturated rings. The van der Waals surface area contributed by atoms with Crippen LogP contribution in [-0.2, 0) is 19.5 Å². The molecule has 34 heavy (non-hydrogen) atoms. The van der Waals surface area contributed by atoms with Crippen molar-refractivity contribution in [3.05, 3.63) is 95.1 Å². The number of nitrogens with two attached hydrogens (primary N) is 1. The second kappa shape index (κ2) is 10.2. The molecular weight excluding hydrogens is 424 g/mol. The van der Waals surface area contributed by atoms with Crippen LogP contribution < -0.4 is 11.1 Å². The Kier molecular flexibility index (Phi) is 6.65. The molecule has 1 aliphatic carbocycles. The Bertz CT molecular complexity index is 1250. The zero-order chi connectivity index (χ0) is 23.3. The van der Waals surface area contributed by atoms with Gasteiger partial charge >= 0.3 is 0 Å². The van der Waals surface area contributed by atoms with Crippen LogP contribution in [0.3, 0.4) is 0 Å². The summed E-state index contributed by atoms with van der Waals surface area (Å²) in [6, 6.07) is 20.2. The Balaban J connectivity index is 1.30. The highest BCUT2D eigenvalue weighted by molar-refractivity contribution is 5.92. The van der Waals surface area contributed by atoms with Crippen molar-refractivity contribution in [3.63, 3.8) is 0 Å². The van der Waals surface area contributed by atoms with Crippen LogP contribution in [0.5, 0.6) is 0 Å². The molecule has 1 atom stereocenters. The summed E-state index contributed by atoms with van der Waals surface area (Å²) in [7, 11) is 0. The van der Waals surface area contributed by atoms with E-state index in [2.05, 4.69) is 32.3 Å². The van der Waals surface area contributed by atoms with Crippen molar-refractivity contribution in [2.24, 2.45) is 5.73 Å². The number of aryl methyl sites for hydroxylation is 1. The summed E-state index contributed by atoms with van der Waals surface area (Å²) in [6.07, 6.45) is 5.19. The molecule has 5 rings (SSSR count). The number of hydrogen-bond donors (Lipinski definition) is 3. The van der Waals surface area contributed by atoms with Gasteiger partial charge in [0.1, 0.15) is 5.82 Å². The molecule has 0 bridgehead atoms. The van der Waals surface area contributed by atoms with Gasteiger partial charge < -0.3 is 16.0 Å². The van der Waals surface area contributed by atoms with Crippen LogP contribution in [0.2, 0.25) is 0 Å². The molecule has 1 amide bonds. The minimum Gasteiger partial charge on any atom is -0.366 e. The summed E-state index contributed by atoms with van der Waals surface area (Å²) in [5.41, 5.74) is 11.7. The first-order chi connectivity index (χ1) is 16.7. The molecule has 4 N–H and O–H groups in total. The van der Waals surface area contributed by atoms with Crippen LogP contribution in [0.4, 0.5) is 0 Å². The van der Waals surface area contributed by atoms with Gasteiger partial charge in [-0.25, -0.2) is 4.98 Å². The first-order valence-electron chi connectivity index (χ1n) is 11.9. The Labute approximate surface area is 199 Å². The molecule has 1 unspecified atom stereocenters. The van der Waals surface area contributed by atoms with E-state index in [1.807, 2.05) is 48.7 Å². The van der Waals surface area contributed by atoms with Crippen molar-refractivity contribution < 1.29 is 4.79 Å². The average Bonchev–Trinajstić information content (AvgIpc) is 3.29. The molecular formula is C27H30N6O. The van der Waals surface area contributed by atoms with Crippen molar-refractivity contribution in [2.75, 3.05) is 13.1 Å². The first-order valence-corrected chi connectivity index (χ1v) is 11.9. The number of amides is 1. The molecule has 0 spiro atoms. The smallest absolute Gasteiger partial charge is 0.248 e. The van der Waals surface area contributed by atoms with Crippen LogP contribution in [0.1, 0.15) is 51.9 Å². The topological polar surface area (TPSA) is 99.9 Å². The maximum Gasteiger partial charge on any atom is 0.248 e. The molecule has 0 saturated carbocycles. The number of primary amides is 1. The van der Waals surface area contributed by atoms with E-state index >= 15 is 0 Å². The number of benzene rings is 2. The van der Waals surface area contributed by atoms with Gasteiger partial charge in [0.2, 0.25) is 5.91 Å². The van der Waals surface area contributed by atoms with Crippen LogP contribution in [0.25, 0.3) is 11.0 Å². The molecule has 174 valence electrons. The number of H-pyrrole nitrogens is 1. The number of pyridine rings is 1. The standard InChI is InChI=1S/C27H30N6O/c28-27(34)21-8-3-6-19(16-21)18-33(24-12-4-7-20-9-5-13-30-26(20)24)15-14-29-17-25-31-22-10-1-2-11-23(22)32-25/h1-3,5-6,8-11,13,16,24,29H,4,7,12,14-15,17-18H2,(H2,28,34)(H,31,32). The highest BCUT2D eigenvalue weighted by atomic mass is 16.1. The van der Waals surface area contributed by atoms with E-state index in [1.165, 1.54) is 11.3 Å². The lowest BCUT2D eigenvalue weighted by Gasteiger charge is -2.35. The van der Waals surface area contributed by atoms with Gasteiger partial charge in [0.05, 0.1) is 29.3 Å². The lowest BCUT2D eigenvalue weighted by atomic mass is 9.90. The fourth-order valence-corrected chi connectivity index (χ4v) is 4.86. The number of aromatic amines is 1. The summed E-state index contributed by atoms with van der Waals surface area (Å²) in [5, 5.41) is 3.54. The molecule has 2 heterocycles. The number of aromatic nitrogens is 3. The third kappa shape index (κ3) is 5.00. The van der Waals surface area contributed by atoms with Gasteiger partial charge in [-0.3, -0.25) is 14.7 Å². The Morgan fingerprint density at radius 2 is 2.06 bits per heavy atom. The molecule has 0 radical (unpaired) electrons. The van der Waals surface area contributed by atoms with E-state index in [-0.39, 0.29) is 6.04 Å². The van der Waals surface area contributed by atoms with Gasteiger partial charge in [-0.05, 0) is 60.7 Å². The highest BCUT2D eigenvalue weighted by Gasteiger charge is 2.27. The van der Waals surface area contributed by atoms with E-state index in [1.54, 1.807) is 6.07 Å². The normalized spacial score (nSPS) is 15.5. The largest absolute Gasteiger partial charge is 0.366 e. The molecule has 0 saturated heterocycles. The molecule has 2 aromatic carbocycles. The van der Waals surface area contributed by atoms with Gasteiger partial charge in [-0.1, -0.05) is 30.3 Å². The predicted molar refractivity (Wildman–Crippen MR) is 133 cm³/mol. The van der Waals surface area contributed by atoms with Crippen molar-refractivity contribution in [1.82, 2.24) is 25.2 Å². The summed E-state index contributed by atoms with van der Waals surface area (Å²) in [5.74, 6) is 0.539. The zero-order valence-corrected chi connectivity index (χ0v) is 19.2. The van der Waals surface area contributed by atoms with Crippen LogP contribution in [0.15, 0.2) is 66.9 Å². The van der Waals surface area contributed by atoms with E-state index < -0.39 is 5.91 Å². The van der Waals surface area contributed by atoms with Gasteiger partial charge in [-0.15, -0.1) is 0 Å². The lowest BCUT2D eigenvalue weighted by Crippen LogP contribution is -2.37. The minimum atomic E-state index is -0.398. The average molecular weight is 455 g/mol. The molecule has 1 aliphatic rings. The Morgan fingerprint density at radius 1 is 1.15 bits per heavy atom. The molecule has 0 aliphatic heterocycles. The summed E-state index contributed by atoms with van der Waals surface area (Å²) < 4.78 is 0. The van der Waals surface area contributed by atoms with E-state index in [9.17, 15) is 4.79 Å². The van der Waals surface area contributed by atoms with E-state index in [4.69, 9.17) is 10.7 Å². The van der Waals surface area contributed by atoms with E-state index in [0.717, 1.165) is 61.3 Å². The van der Waals surface area contributed by atoms with Crippen LogP contribution >= 0.6 is 0 Å². The van der Waals surface area contributed by atoms with Crippen molar-refractivity contribution in [3.8, 4) is 0 Å². The number of para-hydroxylation sites is 2. The molecule has 4 aromatic rings. The van der Waals surface area contributed by atoms with Gasteiger partial charge in [0.15, 0.2) is 0 Å². The van der Waals surface area contributed by atoms with Crippen LogP contribution in [0, 0.1) is 0 Å². The number of fused-ring (bicyclic) bond motifs is 2.